The Labute approximate surface area is 415 Å². The zero-order chi connectivity index (χ0) is 40.7. The van der Waals surface area contributed by atoms with E-state index in [9.17, 15) is 9.00 Å². The second kappa shape index (κ2) is 37.5. The van der Waals surface area contributed by atoms with Crippen molar-refractivity contribution in [2.24, 2.45) is 18.7 Å². The molecule has 0 radical (unpaired) electrons. The SMILES string of the molecule is CC(=O)c1ccccc1.COC(OC)N(C)C.CS(C)(=O)(O)OO.Cn1ccc(-c2ccccc2)n1.NN.O.O=CO[O-].[H-].[K+].[K+].c1ccc(-c2ccn[nH]2)cc1. The van der Waals surface area contributed by atoms with Crippen LogP contribution in [0.15, 0.2) is 116 Å². The summed E-state index contributed by atoms with van der Waals surface area (Å²) in [5.41, 5.74) is 5.20. The van der Waals surface area contributed by atoms with Crippen molar-refractivity contribution in [3.05, 3.63) is 121 Å². The van der Waals surface area contributed by atoms with Crippen LogP contribution in [0.25, 0.3) is 22.5 Å². The third-order valence-corrected chi connectivity index (χ3v) is 6.05. The van der Waals surface area contributed by atoms with Crippen molar-refractivity contribution in [2.45, 2.75) is 13.3 Å². The number of aryl methyl sites for hydroxylation is 1. The van der Waals surface area contributed by atoms with Gasteiger partial charge in [-0.15, -0.1) is 4.33 Å². The van der Waals surface area contributed by atoms with Crippen molar-refractivity contribution in [3.8, 4) is 22.5 Å². The first-order valence-corrected chi connectivity index (χ1v) is 17.9. The van der Waals surface area contributed by atoms with Gasteiger partial charge in [0.2, 0.25) is 6.41 Å². The predicted octanol–water partition coefficient (Wildman–Crippen LogP) is -3.33. The van der Waals surface area contributed by atoms with Crippen LogP contribution in [0.4, 0.5) is 0 Å². The van der Waals surface area contributed by atoms with E-state index in [0.29, 0.717) is 0 Å². The fraction of sp³-hybridized carbons (Fsp3) is 0.257. The number of hydrogen-bond acceptors (Lipinski definition) is 14. The number of aromatic amines is 1. The molecule has 0 amide bonds. The summed E-state index contributed by atoms with van der Waals surface area (Å²) in [7, 11) is 4.85. The minimum absolute atomic E-state index is 0. The molecule has 0 unspecified atom stereocenters. The fourth-order valence-corrected chi connectivity index (χ4v) is 3.40. The number of hydrazine groups is 1. The van der Waals surface area contributed by atoms with E-state index in [1.807, 2.05) is 128 Å². The van der Waals surface area contributed by atoms with Crippen molar-refractivity contribution in [1.82, 2.24) is 24.9 Å². The number of ether oxygens (including phenoxy) is 2. The maximum Gasteiger partial charge on any atom is 1.00 e. The Bertz CT molecular complexity index is 1680. The average Bonchev–Trinajstić information content (AvgIpc) is 3.87. The van der Waals surface area contributed by atoms with Crippen molar-refractivity contribution in [1.29, 1.82) is 0 Å². The molecule has 0 aliphatic carbocycles. The number of nitrogens with two attached hydrogens (primary N) is 2. The summed E-state index contributed by atoms with van der Waals surface area (Å²) in [6.07, 6.45) is 5.29. The van der Waals surface area contributed by atoms with Crippen LogP contribution in [-0.4, -0.2) is 104 Å². The van der Waals surface area contributed by atoms with E-state index in [1.165, 1.54) is 5.56 Å². The van der Waals surface area contributed by atoms with Gasteiger partial charge in [-0.2, -0.15) is 10.2 Å². The zero-order valence-corrected chi connectivity index (χ0v) is 40.7. The van der Waals surface area contributed by atoms with Gasteiger partial charge in [0, 0.05) is 57.3 Å². The topological polar surface area (TPSA) is 285 Å². The van der Waals surface area contributed by atoms with E-state index in [1.54, 1.807) is 27.3 Å². The van der Waals surface area contributed by atoms with Gasteiger partial charge in [0.25, 0.3) is 6.47 Å². The van der Waals surface area contributed by atoms with Gasteiger partial charge in [-0.1, -0.05) is 91.0 Å². The predicted molar refractivity (Wildman–Crippen MR) is 207 cm³/mol. The number of ketones is 1. The number of hydrogen-bond donors (Lipinski definition) is 5. The monoisotopic (exact) mass is 859 g/mol. The third-order valence-electron chi connectivity index (χ3n) is 5.63. The number of Topliss-reactive ketones (excluding diaryl/α,β-unsaturated/α-hetero) is 1. The standard InChI is InChI=1S/C10H10N2.C9H8N2.C8H8O.C5H13NO2.C2H8O4S.CH2O3.2K.H4N2.H2O.H/c1-12-8-7-10(11-12)9-5-3-2-4-6-9;1-2-4-8(5-3-1)9-6-7-10-11-9;1-7(9)8-5-3-2-4-6-8;1-6(2)5(7-3)8-4;1-7(2,4,5)6-3;2-1-4-3;;;1-2;;/h2-8H,1H3;1-7H,(H,10,11);2-6H,1H3;5H,1-4H3;3H,1-2H3,(H,4,5);1,3H;;;1-2H2;1H2;/q;;;;;;2*+1;;;-1/p-1. The summed E-state index contributed by atoms with van der Waals surface area (Å²) >= 11 is 0. The molecular weight excluding hydrogens is 805 g/mol. The number of methoxy groups -OCH3 is 2. The maximum absolute atomic E-state index is 10.6. The molecule has 5 aromatic rings. The smallest absolute Gasteiger partial charge is 1.00 e. The molecule has 2 aromatic heterocycles. The summed E-state index contributed by atoms with van der Waals surface area (Å²) in [5, 5.41) is 27.2. The van der Waals surface area contributed by atoms with Gasteiger partial charge in [-0.05, 0) is 38.7 Å². The fourth-order valence-electron chi connectivity index (χ4n) is 3.40. The number of benzene rings is 3. The molecule has 0 aliphatic heterocycles. The van der Waals surface area contributed by atoms with E-state index in [2.05, 4.69) is 48.3 Å². The van der Waals surface area contributed by atoms with Crippen LogP contribution in [0.3, 0.4) is 0 Å². The summed E-state index contributed by atoms with van der Waals surface area (Å²) in [6, 6.07) is 33.5. The van der Waals surface area contributed by atoms with E-state index < -0.39 is 9.63 Å². The van der Waals surface area contributed by atoms with E-state index in [-0.39, 0.29) is 128 Å². The Balaban J connectivity index is -0.000000137. The Kier molecular flexibility index (Phi) is 42.5. The van der Waals surface area contributed by atoms with Gasteiger partial charge in [-0.3, -0.25) is 36.0 Å². The molecular formula is C35H55K2N7O11S. The van der Waals surface area contributed by atoms with Gasteiger partial charge < -0.3 is 31.1 Å². The van der Waals surface area contributed by atoms with Crippen LogP contribution in [0.5, 0.6) is 0 Å². The molecule has 0 saturated heterocycles. The number of nitrogens with zero attached hydrogens (tertiary/aromatic N) is 4. The molecule has 0 spiro atoms. The second-order valence-corrected chi connectivity index (χ2v) is 14.1. The zero-order valence-electron chi connectivity index (χ0n) is 34.6. The molecule has 0 bridgehead atoms. The van der Waals surface area contributed by atoms with Crippen LogP contribution in [0.2, 0.25) is 0 Å². The summed E-state index contributed by atoms with van der Waals surface area (Å²) in [5.74, 6) is 8.12. The quantitative estimate of drug-likeness (QED) is 0.0194. The molecule has 0 saturated carbocycles. The van der Waals surface area contributed by atoms with Crippen molar-refractivity contribution in [3.63, 3.8) is 0 Å². The Morgan fingerprint density at radius 3 is 1.57 bits per heavy atom. The molecule has 18 nitrogen and oxygen atoms in total. The first-order chi connectivity index (χ1) is 25.1. The first kappa shape index (κ1) is 63.4. The Morgan fingerprint density at radius 2 is 1.32 bits per heavy atom. The van der Waals surface area contributed by atoms with Gasteiger partial charge >= 0.3 is 103 Å². The molecule has 3 aromatic carbocycles. The minimum Gasteiger partial charge on any atom is -1.00 e. The minimum atomic E-state index is -4.06. The number of H-pyrrole nitrogens is 1. The van der Waals surface area contributed by atoms with Gasteiger partial charge in [0.15, 0.2) is 5.78 Å². The number of nitrogens with one attached hydrogen (secondary N) is 1. The summed E-state index contributed by atoms with van der Waals surface area (Å²) < 4.78 is 33.4. The Morgan fingerprint density at radius 1 is 0.911 bits per heavy atom. The average molecular weight is 860 g/mol. The maximum atomic E-state index is 10.6. The number of carbonyl (C=O) groups is 2. The van der Waals surface area contributed by atoms with Crippen LogP contribution >= 0.6 is 0 Å². The van der Waals surface area contributed by atoms with Crippen molar-refractivity contribution < 1.29 is 157 Å². The van der Waals surface area contributed by atoms with E-state index >= 15 is 0 Å². The summed E-state index contributed by atoms with van der Waals surface area (Å²) in [6.45, 7) is 1.38. The summed E-state index contributed by atoms with van der Waals surface area (Å²) in [4.78, 5) is 23.7. The Hall–Kier alpha value is -1.76. The number of rotatable bonds is 8. The second-order valence-electron chi connectivity index (χ2n) is 10.7. The molecule has 21 heteroatoms. The largest absolute Gasteiger partial charge is 1.00 e. The molecule has 0 aliphatic rings. The molecule has 0 atom stereocenters. The van der Waals surface area contributed by atoms with E-state index in [0.717, 1.165) is 35.0 Å². The van der Waals surface area contributed by atoms with Gasteiger partial charge in [0.1, 0.15) is 9.63 Å². The molecule has 56 heavy (non-hydrogen) atoms. The number of aromatic nitrogens is 4. The molecule has 0 fully saturated rings. The molecule has 5 rings (SSSR count). The normalized spacial score (nSPS) is 9.88. The van der Waals surface area contributed by atoms with E-state index in [4.69, 9.17) is 29.3 Å². The first-order valence-electron chi connectivity index (χ1n) is 15.2. The number of carbonyl (C=O) groups excluding carboxylic acids is 2. The van der Waals surface area contributed by atoms with Crippen LogP contribution in [0.1, 0.15) is 18.7 Å². The van der Waals surface area contributed by atoms with Crippen molar-refractivity contribution >= 4 is 21.9 Å². The van der Waals surface area contributed by atoms with Gasteiger partial charge in [-0.25, -0.2) is 9.47 Å². The molecule has 9 N–H and O–H groups in total. The molecule has 304 valence electrons. The van der Waals surface area contributed by atoms with Crippen LogP contribution in [0, 0.1) is 0 Å². The third kappa shape index (κ3) is 34.3. The van der Waals surface area contributed by atoms with Gasteiger partial charge in [0.05, 0.1) is 11.4 Å². The molecule has 2 heterocycles. The van der Waals surface area contributed by atoms with Crippen molar-refractivity contribution in [2.75, 3.05) is 40.8 Å². The van der Waals surface area contributed by atoms with Crippen LogP contribution in [-0.2, 0) is 40.2 Å². The van der Waals surface area contributed by atoms with Crippen LogP contribution < -0.4 is 120 Å².